The second kappa shape index (κ2) is 7.49. The summed E-state index contributed by atoms with van der Waals surface area (Å²) in [7, 11) is 0. The van der Waals surface area contributed by atoms with Crippen LogP contribution in [0.25, 0.3) is 0 Å². The van der Waals surface area contributed by atoms with Crippen molar-refractivity contribution >= 4 is 23.5 Å². The van der Waals surface area contributed by atoms with E-state index in [1.54, 1.807) is 4.90 Å². The molecule has 0 fully saturated rings. The van der Waals surface area contributed by atoms with E-state index in [0.29, 0.717) is 19.0 Å². The minimum absolute atomic E-state index is 0.361. The second-order valence-electron chi connectivity index (χ2n) is 3.96. The molecule has 0 spiro atoms. The average Bonchev–Trinajstić information content (AvgIpc) is 2.24. The fourth-order valence-corrected chi connectivity index (χ4v) is 1.20. The van der Waals surface area contributed by atoms with Crippen LogP contribution in [0, 0.1) is 5.92 Å². The number of amides is 3. The van der Waals surface area contributed by atoms with Crippen LogP contribution in [0.2, 0.25) is 0 Å². The van der Waals surface area contributed by atoms with Gasteiger partial charge >= 0.3 is 6.03 Å². The van der Waals surface area contributed by atoms with E-state index in [1.165, 1.54) is 6.92 Å². The van der Waals surface area contributed by atoms with Crippen LogP contribution >= 0.6 is 11.6 Å². The molecule has 0 aliphatic heterocycles. The third kappa shape index (κ3) is 5.35. The molecule has 1 N–H and O–H groups in total. The number of hydrogen-bond acceptors (Lipinski definition) is 2. The molecule has 0 heterocycles. The lowest BCUT2D eigenvalue weighted by atomic mass is 10.1. The van der Waals surface area contributed by atoms with E-state index in [9.17, 15) is 9.59 Å². The van der Waals surface area contributed by atoms with Crippen LogP contribution in [0.3, 0.4) is 0 Å². The molecule has 4 nitrogen and oxygen atoms in total. The van der Waals surface area contributed by atoms with E-state index in [4.69, 9.17) is 11.6 Å². The van der Waals surface area contributed by atoms with Crippen molar-refractivity contribution in [1.29, 1.82) is 0 Å². The van der Waals surface area contributed by atoms with Crippen molar-refractivity contribution in [2.75, 3.05) is 13.1 Å². The Morgan fingerprint density at radius 1 is 1.31 bits per heavy atom. The van der Waals surface area contributed by atoms with Crippen molar-refractivity contribution in [2.24, 2.45) is 5.92 Å². The van der Waals surface area contributed by atoms with Crippen LogP contribution in [0.5, 0.6) is 0 Å². The van der Waals surface area contributed by atoms with Crippen molar-refractivity contribution in [2.45, 2.75) is 39.5 Å². The lowest BCUT2D eigenvalue weighted by molar-refractivity contribution is -0.119. The van der Waals surface area contributed by atoms with Gasteiger partial charge in [-0.05, 0) is 19.8 Å². The largest absolute Gasteiger partial charge is 0.324 e. The van der Waals surface area contributed by atoms with E-state index in [2.05, 4.69) is 19.2 Å². The molecule has 94 valence electrons. The van der Waals surface area contributed by atoms with Crippen LogP contribution in [0.15, 0.2) is 0 Å². The molecule has 5 heteroatoms. The lowest BCUT2D eigenvalue weighted by Gasteiger charge is -2.24. The Kier molecular flexibility index (Phi) is 7.13. The monoisotopic (exact) mass is 248 g/mol. The fraction of sp³-hybridized carbons (Fsp3) is 0.818. The summed E-state index contributed by atoms with van der Waals surface area (Å²) in [6, 6.07) is -0.361. The van der Waals surface area contributed by atoms with E-state index in [-0.39, 0.29) is 6.03 Å². The first-order chi connectivity index (χ1) is 7.42. The summed E-state index contributed by atoms with van der Waals surface area (Å²) in [5, 5.41) is 1.59. The summed E-state index contributed by atoms with van der Waals surface area (Å²) >= 11 is 5.57. The van der Waals surface area contributed by atoms with Gasteiger partial charge in [-0.15, -0.1) is 11.6 Å². The van der Waals surface area contributed by atoms with Crippen molar-refractivity contribution in [3.05, 3.63) is 0 Å². The zero-order valence-electron chi connectivity index (χ0n) is 10.4. The number of halogens is 1. The summed E-state index contributed by atoms with van der Waals surface area (Å²) in [4.78, 5) is 24.5. The number of hydrogen-bond donors (Lipinski definition) is 1. The van der Waals surface area contributed by atoms with E-state index in [0.717, 1.165) is 6.42 Å². The number of alkyl halides is 1. The van der Waals surface area contributed by atoms with Gasteiger partial charge in [-0.2, -0.15) is 0 Å². The molecule has 0 aliphatic carbocycles. The predicted octanol–water partition coefficient (Wildman–Crippen LogP) is 2.22. The first-order valence-electron chi connectivity index (χ1n) is 5.66. The Morgan fingerprint density at radius 2 is 1.88 bits per heavy atom. The Labute approximate surface area is 102 Å². The van der Waals surface area contributed by atoms with Crippen LogP contribution in [-0.2, 0) is 4.79 Å². The standard InChI is InChI=1S/C11H21ClN2O2/c1-5-8(3)7-14(6-2)11(16)13-10(15)9(4)12/h8-9H,5-7H2,1-4H3,(H,13,15,16). The van der Waals surface area contributed by atoms with E-state index in [1.807, 2.05) is 6.92 Å². The average molecular weight is 249 g/mol. The highest BCUT2D eigenvalue weighted by molar-refractivity contribution is 6.31. The molecule has 0 aromatic rings. The molecule has 0 aliphatic rings. The smallest absolute Gasteiger partial charge is 0.324 e. The third-order valence-electron chi connectivity index (χ3n) is 2.49. The number of carbonyl (C=O) groups excluding carboxylic acids is 2. The number of rotatable bonds is 5. The van der Waals surface area contributed by atoms with Gasteiger partial charge in [0.1, 0.15) is 5.38 Å². The van der Waals surface area contributed by atoms with Gasteiger partial charge in [0.15, 0.2) is 0 Å². The zero-order valence-corrected chi connectivity index (χ0v) is 11.2. The van der Waals surface area contributed by atoms with Crippen LogP contribution < -0.4 is 5.32 Å². The molecule has 0 saturated carbocycles. The summed E-state index contributed by atoms with van der Waals surface area (Å²) in [5.41, 5.74) is 0. The molecule has 3 amide bonds. The topological polar surface area (TPSA) is 49.4 Å². The normalized spacial score (nSPS) is 14.1. The molecule has 0 saturated heterocycles. The molecule has 0 aromatic carbocycles. The lowest BCUT2D eigenvalue weighted by Crippen LogP contribution is -2.46. The maximum Gasteiger partial charge on any atom is 0.324 e. The van der Waals surface area contributed by atoms with Crippen LogP contribution in [-0.4, -0.2) is 35.3 Å². The van der Waals surface area contributed by atoms with E-state index < -0.39 is 11.3 Å². The maximum atomic E-state index is 11.7. The van der Waals surface area contributed by atoms with Gasteiger partial charge in [-0.3, -0.25) is 10.1 Å². The van der Waals surface area contributed by atoms with Gasteiger partial charge < -0.3 is 4.90 Å². The van der Waals surface area contributed by atoms with Gasteiger partial charge in [0.25, 0.3) is 0 Å². The third-order valence-corrected chi connectivity index (χ3v) is 2.69. The highest BCUT2D eigenvalue weighted by atomic mass is 35.5. The second-order valence-corrected chi connectivity index (χ2v) is 4.62. The highest BCUT2D eigenvalue weighted by Gasteiger charge is 2.18. The molecule has 0 radical (unpaired) electrons. The number of imide groups is 1. The SMILES string of the molecule is CCC(C)CN(CC)C(=O)NC(=O)C(C)Cl. The molecule has 0 bridgehead atoms. The van der Waals surface area contributed by atoms with Gasteiger partial charge in [-0.1, -0.05) is 20.3 Å². The quantitative estimate of drug-likeness (QED) is 0.759. The Bertz CT molecular complexity index is 244. The summed E-state index contributed by atoms with van der Waals surface area (Å²) in [5.74, 6) is -0.0245. The van der Waals surface area contributed by atoms with Crippen molar-refractivity contribution < 1.29 is 9.59 Å². The Morgan fingerprint density at radius 3 is 2.25 bits per heavy atom. The maximum absolute atomic E-state index is 11.7. The Balaban J connectivity index is 4.26. The molecule has 16 heavy (non-hydrogen) atoms. The summed E-state index contributed by atoms with van der Waals surface area (Å²) in [6.07, 6.45) is 1.00. The zero-order chi connectivity index (χ0) is 12.7. The number of carbonyl (C=O) groups is 2. The molecule has 2 unspecified atom stereocenters. The highest BCUT2D eigenvalue weighted by Crippen LogP contribution is 2.04. The van der Waals surface area contributed by atoms with Crippen molar-refractivity contribution in [1.82, 2.24) is 10.2 Å². The first kappa shape index (κ1) is 15.2. The van der Waals surface area contributed by atoms with Gasteiger partial charge in [0.2, 0.25) is 5.91 Å². The summed E-state index contributed by atoms with van der Waals surface area (Å²) < 4.78 is 0. The molecular formula is C11H21ClN2O2. The summed E-state index contributed by atoms with van der Waals surface area (Å²) in [6.45, 7) is 8.80. The minimum atomic E-state index is -0.689. The predicted molar refractivity (Wildman–Crippen MR) is 65.6 cm³/mol. The van der Waals surface area contributed by atoms with Crippen LogP contribution in [0.4, 0.5) is 4.79 Å². The van der Waals surface area contributed by atoms with Crippen LogP contribution in [0.1, 0.15) is 34.1 Å². The molecule has 0 aromatic heterocycles. The van der Waals surface area contributed by atoms with Crippen molar-refractivity contribution in [3.8, 4) is 0 Å². The number of nitrogens with zero attached hydrogens (tertiary/aromatic N) is 1. The molecular weight excluding hydrogens is 228 g/mol. The number of nitrogens with one attached hydrogen (secondary N) is 1. The fourth-order valence-electron chi connectivity index (χ4n) is 1.14. The van der Waals surface area contributed by atoms with Gasteiger partial charge in [0, 0.05) is 13.1 Å². The minimum Gasteiger partial charge on any atom is -0.324 e. The van der Waals surface area contributed by atoms with E-state index >= 15 is 0 Å². The molecule has 2 atom stereocenters. The van der Waals surface area contributed by atoms with Gasteiger partial charge in [-0.25, -0.2) is 4.79 Å². The number of urea groups is 1. The first-order valence-corrected chi connectivity index (χ1v) is 6.09. The molecule has 0 rings (SSSR count). The Hall–Kier alpha value is -0.770. The van der Waals surface area contributed by atoms with Gasteiger partial charge in [0.05, 0.1) is 0 Å². The van der Waals surface area contributed by atoms with Crippen molar-refractivity contribution in [3.63, 3.8) is 0 Å².